The normalized spacial score (nSPS) is 20.2. The summed E-state index contributed by atoms with van der Waals surface area (Å²) in [6.07, 6.45) is 2.40. The Morgan fingerprint density at radius 1 is 1.12 bits per heavy atom. The lowest BCUT2D eigenvalue weighted by atomic mass is 9.91. The van der Waals surface area contributed by atoms with Crippen LogP contribution in [0, 0.1) is 11.6 Å². The summed E-state index contributed by atoms with van der Waals surface area (Å²) in [4.78, 5) is 39.6. The van der Waals surface area contributed by atoms with E-state index in [2.05, 4.69) is 21.2 Å². The number of halogens is 3. The van der Waals surface area contributed by atoms with Gasteiger partial charge in [0.2, 0.25) is 11.8 Å². The summed E-state index contributed by atoms with van der Waals surface area (Å²) in [5, 5.41) is 2.65. The number of Topliss-reactive ketones (excluding diaryl/α,β-unsaturated/α-hetero) is 1. The van der Waals surface area contributed by atoms with Gasteiger partial charge in [-0.1, -0.05) is 28.1 Å². The summed E-state index contributed by atoms with van der Waals surface area (Å²) in [6.45, 7) is 0.283. The zero-order valence-corrected chi connectivity index (χ0v) is 20.1. The minimum Gasteiger partial charge on any atom is -0.347 e. The topological polar surface area (TPSA) is 92.5 Å². The molecule has 1 aliphatic carbocycles. The van der Waals surface area contributed by atoms with Crippen LogP contribution < -0.4 is 11.1 Å². The molecule has 4 rings (SSSR count). The SMILES string of the molecule is N[C@@H](CC(=O)N1CCC[C@H]1C(=O)NCC(=O)c1ccc(Br)cc1)[C@H]1CCc2cc(F)c(F)cc21. The monoisotopic (exact) mass is 533 g/mol. The van der Waals surface area contributed by atoms with Gasteiger partial charge in [0.15, 0.2) is 17.4 Å². The average molecular weight is 534 g/mol. The van der Waals surface area contributed by atoms with E-state index in [1.807, 2.05) is 0 Å². The molecular weight excluding hydrogens is 508 g/mol. The van der Waals surface area contributed by atoms with E-state index in [0.717, 1.165) is 10.0 Å². The Hall–Kier alpha value is -2.65. The molecule has 9 heteroatoms. The number of nitrogens with two attached hydrogens (primary N) is 1. The molecule has 2 aromatic rings. The van der Waals surface area contributed by atoms with Crippen LogP contribution in [-0.4, -0.2) is 47.7 Å². The van der Waals surface area contributed by atoms with Crippen LogP contribution in [0.25, 0.3) is 0 Å². The fraction of sp³-hybridized carbons (Fsp3) is 0.400. The lowest BCUT2D eigenvalue weighted by Gasteiger charge is -2.27. The summed E-state index contributed by atoms with van der Waals surface area (Å²) >= 11 is 3.31. The number of fused-ring (bicyclic) bond motifs is 1. The van der Waals surface area contributed by atoms with Crippen LogP contribution >= 0.6 is 15.9 Å². The maximum Gasteiger partial charge on any atom is 0.243 e. The molecule has 1 saturated heterocycles. The van der Waals surface area contributed by atoms with Gasteiger partial charge < -0.3 is 16.0 Å². The maximum atomic E-state index is 13.8. The summed E-state index contributed by atoms with van der Waals surface area (Å²) in [5.74, 6) is -2.88. The first-order valence-corrected chi connectivity index (χ1v) is 12.1. The van der Waals surface area contributed by atoms with E-state index < -0.39 is 23.7 Å². The largest absolute Gasteiger partial charge is 0.347 e. The van der Waals surface area contributed by atoms with Crippen molar-refractivity contribution >= 4 is 33.5 Å². The smallest absolute Gasteiger partial charge is 0.243 e. The van der Waals surface area contributed by atoms with Gasteiger partial charge in [0.05, 0.1) is 6.54 Å². The molecule has 0 bridgehead atoms. The first kappa shape index (κ1) is 24.5. The fourth-order valence-corrected chi connectivity index (χ4v) is 5.16. The minimum absolute atomic E-state index is 0.00467. The third kappa shape index (κ3) is 5.20. The van der Waals surface area contributed by atoms with Crippen LogP contribution in [0.4, 0.5) is 8.78 Å². The molecule has 2 aliphatic rings. The van der Waals surface area contributed by atoms with Crippen molar-refractivity contribution in [1.82, 2.24) is 10.2 Å². The first-order valence-electron chi connectivity index (χ1n) is 11.3. The lowest BCUT2D eigenvalue weighted by molar-refractivity contribution is -0.138. The molecule has 0 spiro atoms. The Labute approximate surface area is 205 Å². The summed E-state index contributed by atoms with van der Waals surface area (Å²) in [7, 11) is 0. The van der Waals surface area contributed by atoms with Gasteiger partial charge in [-0.05, 0) is 61.1 Å². The highest BCUT2D eigenvalue weighted by Gasteiger charge is 2.37. The Bertz CT molecular complexity index is 1110. The van der Waals surface area contributed by atoms with Crippen LogP contribution in [0.1, 0.15) is 53.1 Å². The molecule has 1 aliphatic heterocycles. The second-order valence-corrected chi connectivity index (χ2v) is 9.79. The van der Waals surface area contributed by atoms with Crippen molar-refractivity contribution in [2.24, 2.45) is 5.73 Å². The van der Waals surface area contributed by atoms with Gasteiger partial charge in [0.25, 0.3) is 0 Å². The Morgan fingerprint density at radius 3 is 2.56 bits per heavy atom. The van der Waals surface area contributed by atoms with Gasteiger partial charge in [0.1, 0.15) is 6.04 Å². The highest BCUT2D eigenvalue weighted by atomic mass is 79.9. The molecule has 3 N–H and O–H groups in total. The molecule has 0 unspecified atom stereocenters. The van der Waals surface area contributed by atoms with Crippen molar-refractivity contribution in [3.8, 4) is 0 Å². The Balaban J connectivity index is 1.34. The number of aryl methyl sites for hydroxylation is 1. The second-order valence-electron chi connectivity index (χ2n) is 8.87. The number of carbonyl (C=O) groups excluding carboxylic acids is 3. The zero-order valence-electron chi connectivity index (χ0n) is 18.5. The van der Waals surface area contributed by atoms with Gasteiger partial charge in [-0.25, -0.2) is 8.78 Å². The van der Waals surface area contributed by atoms with Crippen LogP contribution in [-0.2, 0) is 16.0 Å². The van der Waals surface area contributed by atoms with Crippen molar-refractivity contribution in [2.45, 2.75) is 50.1 Å². The van der Waals surface area contributed by atoms with E-state index in [9.17, 15) is 23.2 Å². The van der Waals surface area contributed by atoms with Gasteiger partial charge in [-0.15, -0.1) is 0 Å². The van der Waals surface area contributed by atoms with Crippen LogP contribution in [0.3, 0.4) is 0 Å². The predicted molar refractivity (Wildman–Crippen MR) is 126 cm³/mol. The van der Waals surface area contributed by atoms with Crippen molar-refractivity contribution < 1.29 is 23.2 Å². The molecule has 2 amide bonds. The summed E-state index contributed by atoms with van der Waals surface area (Å²) < 4.78 is 28.1. The van der Waals surface area contributed by atoms with E-state index in [0.29, 0.717) is 43.4 Å². The Kier molecular flexibility index (Phi) is 7.42. The molecule has 6 nitrogen and oxygen atoms in total. The zero-order chi connectivity index (χ0) is 24.4. The first-order chi connectivity index (χ1) is 16.2. The molecule has 2 aromatic carbocycles. The highest BCUT2D eigenvalue weighted by Crippen LogP contribution is 2.37. The number of likely N-dealkylation sites (tertiary alicyclic amines) is 1. The fourth-order valence-electron chi connectivity index (χ4n) is 4.90. The number of carbonyl (C=O) groups is 3. The van der Waals surface area contributed by atoms with E-state index in [-0.39, 0.29) is 36.5 Å². The molecule has 1 fully saturated rings. The molecule has 0 radical (unpaired) electrons. The van der Waals surface area contributed by atoms with Crippen LogP contribution in [0.15, 0.2) is 40.9 Å². The number of nitrogens with one attached hydrogen (secondary N) is 1. The second kappa shape index (κ2) is 10.3. The minimum atomic E-state index is -0.918. The van der Waals surface area contributed by atoms with E-state index in [1.54, 1.807) is 24.3 Å². The van der Waals surface area contributed by atoms with Gasteiger partial charge >= 0.3 is 0 Å². The molecule has 180 valence electrons. The number of benzene rings is 2. The van der Waals surface area contributed by atoms with E-state index in [1.165, 1.54) is 17.0 Å². The molecular formula is C25H26BrF2N3O3. The van der Waals surface area contributed by atoms with Crippen molar-refractivity contribution in [1.29, 1.82) is 0 Å². The van der Waals surface area contributed by atoms with Gasteiger partial charge in [0, 0.05) is 35.0 Å². The molecule has 3 atom stereocenters. The van der Waals surface area contributed by atoms with E-state index in [4.69, 9.17) is 5.73 Å². The number of nitrogens with zero attached hydrogens (tertiary/aromatic N) is 1. The maximum absolute atomic E-state index is 13.8. The van der Waals surface area contributed by atoms with Crippen molar-refractivity contribution in [2.75, 3.05) is 13.1 Å². The molecule has 0 aromatic heterocycles. The highest BCUT2D eigenvalue weighted by molar-refractivity contribution is 9.10. The lowest BCUT2D eigenvalue weighted by Crippen LogP contribution is -2.48. The number of amides is 2. The van der Waals surface area contributed by atoms with Gasteiger partial charge in [-0.3, -0.25) is 14.4 Å². The summed E-state index contributed by atoms with van der Waals surface area (Å²) in [5.41, 5.74) is 8.20. The van der Waals surface area contributed by atoms with E-state index >= 15 is 0 Å². The molecule has 34 heavy (non-hydrogen) atoms. The Morgan fingerprint density at radius 2 is 1.82 bits per heavy atom. The average Bonchev–Trinajstić information content (AvgIpc) is 3.45. The quantitative estimate of drug-likeness (QED) is 0.533. The standard InChI is InChI=1S/C25H26BrF2N3O3/c26-16-6-3-14(4-7-16)23(32)13-30-25(34)22-2-1-9-31(22)24(33)12-21(29)17-8-5-15-10-19(27)20(28)11-18(15)17/h3-4,6-7,10-11,17,21-22H,1-2,5,8-9,12-13,29H2,(H,30,34)/t17-,21-,22-/m0/s1. The molecule has 1 heterocycles. The van der Waals surface area contributed by atoms with Crippen LogP contribution in [0.2, 0.25) is 0 Å². The van der Waals surface area contributed by atoms with Crippen molar-refractivity contribution in [3.05, 3.63) is 69.2 Å². The third-order valence-corrected chi connectivity index (χ3v) is 7.23. The summed E-state index contributed by atoms with van der Waals surface area (Å²) in [6, 6.07) is 8.02. The van der Waals surface area contributed by atoms with Crippen molar-refractivity contribution in [3.63, 3.8) is 0 Å². The number of rotatable bonds is 7. The molecule has 0 saturated carbocycles. The van der Waals surface area contributed by atoms with Crippen LogP contribution in [0.5, 0.6) is 0 Å². The number of hydrogen-bond acceptors (Lipinski definition) is 4. The number of ketones is 1. The van der Waals surface area contributed by atoms with Gasteiger partial charge in [-0.2, -0.15) is 0 Å². The predicted octanol–water partition coefficient (Wildman–Crippen LogP) is 3.46. The third-order valence-electron chi connectivity index (χ3n) is 6.70. The number of hydrogen-bond donors (Lipinski definition) is 2.